The van der Waals surface area contributed by atoms with Gasteiger partial charge in [0, 0.05) is 19.4 Å². The molecule has 5 rings (SSSR count). The van der Waals surface area contributed by atoms with Crippen molar-refractivity contribution in [2.45, 2.75) is 199 Å². The Kier molecular flexibility index (Phi) is 20.7. The summed E-state index contributed by atoms with van der Waals surface area (Å²) in [7, 11) is 0. The average molecular weight is 998 g/mol. The van der Waals surface area contributed by atoms with Crippen LogP contribution in [0.4, 0.5) is 0 Å². The van der Waals surface area contributed by atoms with Crippen LogP contribution in [0.3, 0.4) is 0 Å². The fraction of sp³-hybridized carbons (Fsp3) is 0.949. The van der Waals surface area contributed by atoms with Crippen LogP contribution in [0.25, 0.3) is 0 Å². The van der Waals surface area contributed by atoms with E-state index in [2.05, 4.69) is 5.32 Å². The van der Waals surface area contributed by atoms with Gasteiger partial charge in [0.1, 0.15) is 122 Å². The minimum atomic E-state index is -2.28. The van der Waals surface area contributed by atoms with E-state index in [0.29, 0.717) is 0 Å². The van der Waals surface area contributed by atoms with Crippen LogP contribution < -0.4 is 5.32 Å². The number of aliphatic hydroxyl groups excluding tert-OH is 17. The van der Waals surface area contributed by atoms with Gasteiger partial charge in [-0.25, -0.2) is 0 Å². The molecular formula is C39H67NO28. The molecule has 1 saturated carbocycles. The second-order valence-electron chi connectivity index (χ2n) is 17.6. The van der Waals surface area contributed by atoms with Crippen molar-refractivity contribution in [3.05, 3.63) is 0 Å². The second kappa shape index (κ2) is 24.7. The van der Waals surface area contributed by atoms with E-state index in [1.54, 1.807) is 0 Å². The van der Waals surface area contributed by atoms with Crippen molar-refractivity contribution in [3.8, 4) is 0 Å². The quantitative estimate of drug-likeness (QED) is 0.0534. The van der Waals surface area contributed by atoms with Gasteiger partial charge in [-0.2, -0.15) is 0 Å². The van der Waals surface area contributed by atoms with Gasteiger partial charge in [0.05, 0.1) is 44.2 Å². The van der Waals surface area contributed by atoms with E-state index in [0.717, 1.165) is 6.92 Å². The second-order valence-corrected chi connectivity index (χ2v) is 17.6. The molecule has 4 heterocycles. The molecule has 0 aromatic heterocycles. The predicted octanol–water partition coefficient (Wildman–Crippen LogP) is -11.4. The number of hydrogen-bond acceptors (Lipinski definition) is 28. The monoisotopic (exact) mass is 997 g/mol. The van der Waals surface area contributed by atoms with Gasteiger partial charge in [-0.1, -0.05) is 0 Å². The highest BCUT2D eigenvalue weighted by Gasteiger charge is 2.57. The van der Waals surface area contributed by atoms with Crippen molar-refractivity contribution < 1.29 is 139 Å². The van der Waals surface area contributed by atoms with Crippen molar-refractivity contribution in [1.82, 2.24) is 5.32 Å². The first-order valence-corrected chi connectivity index (χ1v) is 21.9. The standard InChI is InChI=1S/C39H67NO28/c1-10-20(49)25(54)28(57)37(60-10)65-31-13(5-41)4-16(62-32(14(47)6-42)33(15(48)7-43)66-38-29(58)26(55)21(50)11(2)61-38)23(52)35(31)68-36-19(40-12(3)46)34(24(53)18(9-45)63-36)67-39-30(59)27(56)22(51)17(8-44)64-39/h7,10-11,13-39,41-42,44-45,47-59H,4-6,8-9H2,1-3H3,(H,40,46). The van der Waals surface area contributed by atoms with Crippen LogP contribution in [0.2, 0.25) is 0 Å². The van der Waals surface area contributed by atoms with Crippen LogP contribution in [0.15, 0.2) is 0 Å². The molecule has 0 radical (unpaired) electrons. The lowest BCUT2D eigenvalue weighted by molar-refractivity contribution is -0.367. The van der Waals surface area contributed by atoms with Gasteiger partial charge in [0.15, 0.2) is 31.4 Å². The van der Waals surface area contributed by atoms with Crippen LogP contribution >= 0.6 is 0 Å². The van der Waals surface area contributed by atoms with Gasteiger partial charge in [-0.05, 0) is 20.3 Å². The van der Waals surface area contributed by atoms with Gasteiger partial charge in [0.2, 0.25) is 5.91 Å². The molecule has 29 atom stereocenters. The van der Waals surface area contributed by atoms with Gasteiger partial charge in [0.25, 0.3) is 0 Å². The Labute approximate surface area is 387 Å². The number of ether oxygens (including phenoxy) is 9. The summed E-state index contributed by atoms with van der Waals surface area (Å²) >= 11 is 0. The minimum absolute atomic E-state index is 0.0856. The zero-order valence-corrected chi connectivity index (χ0v) is 36.9. The Balaban J connectivity index is 1.55. The molecule has 29 unspecified atom stereocenters. The SMILES string of the molecule is CC(=O)NC1C(OC2C(O)C(OC(C(O)CO)C(OC3OC(C)C(O)C(O)C3O)C(O)C=O)CC(CO)C2OC2OC(C)C(O)C(O)C2O)OC(CO)C(O)C1OC1OC(CO)C(O)C(O)C1O. The van der Waals surface area contributed by atoms with Gasteiger partial charge >= 0.3 is 0 Å². The van der Waals surface area contributed by atoms with Crippen molar-refractivity contribution in [1.29, 1.82) is 0 Å². The van der Waals surface area contributed by atoms with Gasteiger partial charge in [-0.15, -0.1) is 0 Å². The fourth-order valence-electron chi connectivity index (χ4n) is 8.81. The van der Waals surface area contributed by atoms with Crippen LogP contribution in [0.5, 0.6) is 0 Å². The zero-order valence-electron chi connectivity index (χ0n) is 36.9. The third kappa shape index (κ3) is 12.3. The lowest BCUT2D eigenvalue weighted by Crippen LogP contribution is -2.70. The summed E-state index contributed by atoms with van der Waals surface area (Å²) in [5, 5.41) is 184. The molecular weight excluding hydrogens is 930 g/mol. The van der Waals surface area contributed by atoms with Crippen molar-refractivity contribution >= 4 is 12.2 Å². The largest absolute Gasteiger partial charge is 0.396 e. The van der Waals surface area contributed by atoms with Crippen LogP contribution in [0, 0.1) is 5.92 Å². The Hall–Kier alpha value is -1.90. The van der Waals surface area contributed by atoms with Crippen LogP contribution in [0.1, 0.15) is 27.2 Å². The molecule has 29 heteroatoms. The normalized spacial score (nSPS) is 47.7. The summed E-state index contributed by atoms with van der Waals surface area (Å²) in [5.41, 5.74) is 0. The first-order valence-electron chi connectivity index (χ1n) is 21.9. The Morgan fingerprint density at radius 1 is 0.574 bits per heavy atom. The highest BCUT2D eigenvalue weighted by Crippen LogP contribution is 2.39. The van der Waals surface area contributed by atoms with Crippen molar-refractivity contribution in [3.63, 3.8) is 0 Å². The summed E-state index contributed by atoms with van der Waals surface area (Å²) in [6, 6.07) is -1.78. The van der Waals surface area contributed by atoms with Crippen LogP contribution in [-0.2, 0) is 52.2 Å². The number of carbonyl (C=O) groups excluding carboxylic acids is 2. The average Bonchev–Trinajstić information content (AvgIpc) is 3.31. The molecule has 0 bridgehead atoms. The van der Waals surface area contributed by atoms with Crippen molar-refractivity contribution in [2.24, 2.45) is 5.92 Å². The summed E-state index contributed by atoms with van der Waals surface area (Å²) in [4.78, 5) is 24.9. The lowest BCUT2D eigenvalue weighted by Gasteiger charge is -2.51. The molecule has 68 heavy (non-hydrogen) atoms. The molecule has 1 amide bonds. The number of carbonyl (C=O) groups is 2. The van der Waals surface area contributed by atoms with Gasteiger partial charge in [-0.3, -0.25) is 4.79 Å². The van der Waals surface area contributed by atoms with Crippen molar-refractivity contribution in [2.75, 3.05) is 26.4 Å². The molecule has 396 valence electrons. The molecule has 0 aromatic rings. The number of aliphatic hydroxyl groups is 17. The van der Waals surface area contributed by atoms with E-state index >= 15 is 0 Å². The number of rotatable bonds is 19. The molecule has 4 aliphatic heterocycles. The van der Waals surface area contributed by atoms with Crippen LogP contribution in [-0.4, -0.2) is 297 Å². The Bertz CT molecular complexity index is 1570. The molecule has 0 aromatic carbocycles. The van der Waals surface area contributed by atoms with E-state index in [1.165, 1.54) is 13.8 Å². The molecule has 5 fully saturated rings. The third-order valence-electron chi connectivity index (χ3n) is 12.8. The number of aldehydes is 1. The highest BCUT2D eigenvalue weighted by atomic mass is 16.8. The molecule has 0 spiro atoms. The fourth-order valence-corrected chi connectivity index (χ4v) is 8.81. The summed E-state index contributed by atoms with van der Waals surface area (Å²) < 4.78 is 52.4. The minimum Gasteiger partial charge on any atom is -0.396 e. The number of hydrogen-bond donors (Lipinski definition) is 18. The smallest absolute Gasteiger partial charge is 0.217 e. The molecule has 1 aliphatic carbocycles. The lowest BCUT2D eigenvalue weighted by atomic mass is 9.80. The Morgan fingerprint density at radius 2 is 1.06 bits per heavy atom. The van der Waals surface area contributed by atoms with E-state index < -0.39 is 216 Å². The third-order valence-corrected chi connectivity index (χ3v) is 12.8. The maximum absolute atomic E-state index is 12.8. The van der Waals surface area contributed by atoms with E-state index in [1.807, 2.05) is 0 Å². The van der Waals surface area contributed by atoms with E-state index in [4.69, 9.17) is 42.6 Å². The summed E-state index contributed by atoms with van der Waals surface area (Å²) in [5.74, 6) is -2.21. The van der Waals surface area contributed by atoms with Gasteiger partial charge < -0.3 is 140 Å². The number of nitrogens with one attached hydrogen (secondary N) is 1. The van der Waals surface area contributed by atoms with E-state index in [-0.39, 0.29) is 6.29 Å². The summed E-state index contributed by atoms with van der Waals surface area (Å²) in [6.07, 6.45) is -51.2. The maximum atomic E-state index is 12.8. The Morgan fingerprint density at radius 3 is 1.59 bits per heavy atom. The molecule has 18 N–H and O–H groups in total. The predicted molar refractivity (Wildman–Crippen MR) is 212 cm³/mol. The highest BCUT2D eigenvalue weighted by molar-refractivity contribution is 5.73. The topological polar surface area (TPSA) is 473 Å². The first-order chi connectivity index (χ1) is 32.0. The summed E-state index contributed by atoms with van der Waals surface area (Å²) in [6.45, 7) is -0.407. The van der Waals surface area contributed by atoms with E-state index in [9.17, 15) is 96.4 Å². The molecule has 5 aliphatic rings. The molecule has 29 nitrogen and oxygen atoms in total. The molecule has 4 saturated heterocycles. The zero-order chi connectivity index (χ0) is 50.6. The number of amides is 1. The first kappa shape index (κ1) is 57.0. The maximum Gasteiger partial charge on any atom is 0.217 e.